The van der Waals surface area contributed by atoms with Crippen molar-refractivity contribution in [2.45, 2.75) is 51.5 Å². The number of carbonyl (C=O) groups excluding carboxylic acids is 1. The van der Waals surface area contributed by atoms with E-state index in [0.717, 1.165) is 59.2 Å². The van der Waals surface area contributed by atoms with Crippen molar-refractivity contribution in [1.29, 1.82) is 0 Å². The lowest BCUT2D eigenvalue weighted by molar-refractivity contribution is 0.247. The van der Waals surface area contributed by atoms with Gasteiger partial charge in [-0.15, -0.1) is 0 Å². The number of hydrogen-bond acceptors (Lipinski definition) is 4. The normalized spacial score (nSPS) is 14.8. The third-order valence-corrected chi connectivity index (χ3v) is 5.86. The zero-order valence-corrected chi connectivity index (χ0v) is 18.0. The van der Waals surface area contributed by atoms with Crippen LogP contribution >= 0.6 is 0 Å². The average molecular weight is 422 g/mol. The molecule has 6 nitrogen and oxygen atoms in total. The standard InChI is InChI=1S/C24H28FN5O/c1-15-19(11-17-14-27-23(26-2)13-21(17)28-15)16-9-10-20(25)22(12-16)30-24(31)29-18-7-5-3-4-6-8-18/h9-14,18H,3-8H2,1-2H3,(H,26,27)(H2,29,30,31). The Balaban J connectivity index is 1.57. The molecule has 162 valence electrons. The van der Waals surface area contributed by atoms with E-state index in [1.807, 2.05) is 26.1 Å². The number of aryl methyl sites for hydroxylation is 1. The Labute approximate surface area is 181 Å². The highest BCUT2D eigenvalue weighted by Crippen LogP contribution is 2.30. The first-order chi connectivity index (χ1) is 15.0. The minimum atomic E-state index is -0.466. The second kappa shape index (κ2) is 9.29. The van der Waals surface area contributed by atoms with E-state index in [9.17, 15) is 9.18 Å². The second-order valence-electron chi connectivity index (χ2n) is 8.12. The minimum absolute atomic E-state index is 0.149. The summed E-state index contributed by atoms with van der Waals surface area (Å²) in [4.78, 5) is 21.5. The van der Waals surface area contributed by atoms with Gasteiger partial charge in [0.15, 0.2) is 0 Å². The zero-order valence-electron chi connectivity index (χ0n) is 18.0. The first-order valence-electron chi connectivity index (χ1n) is 10.9. The maximum Gasteiger partial charge on any atom is 0.319 e. The van der Waals surface area contributed by atoms with E-state index in [2.05, 4.69) is 25.9 Å². The molecule has 1 aliphatic rings. The fourth-order valence-corrected chi connectivity index (χ4v) is 4.15. The van der Waals surface area contributed by atoms with Crippen LogP contribution in [0, 0.1) is 12.7 Å². The molecule has 1 saturated carbocycles. The summed E-state index contributed by atoms with van der Waals surface area (Å²) in [6.07, 6.45) is 8.37. The molecule has 0 bridgehead atoms. The Kier molecular flexibility index (Phi) is 6.30. The molecule has 3 aromatic rings. The molecular formula is C24H28FN5O. The van der Waals surface area contributed by atoms with Crippen LogP contribution in [0.15, 0.2) is 36.5 Å². The van der Waals surface area contributed by atoms with Crippen LogP contribution in [-0.4, -0.2) is 29.1 Å². The number of halogens is 1. The summed E-state index contributed by atoms with van der Waals surface area (Å²) in [5, 5.41) is 9.59. The summed E-state index contributed by atoms with van der Waals surface area (Å²) in [5.74, 6) is 0.284. The van der Waals surface area contributed by atoms with Crippen molar-refractivity contribution in [1.82, 2.24) is 15.3 Å². The maximum absolute atomic E-state index is 14.5. The Morgan fingerprint density at radius 1 is 1.10 bits per heavy atom. The quantitative estimate of drug-likeness (QED) is 0.477. The third-order valence-electron chi connectivity index (χ3n) is 5.86. The maximum atomic E-state index is 14.5. The summed E-state index contributed by atoms with van der Waals surface area (Å²) < 4.78 is 14.5. The molecule has 0 radical (unpaired) electrons. The number of carbonyl (C=O) groups is 1. The van der Waals surface area contributed by atoms with Gasteiger partial charge in [0.2, 0.25) is 0 Å². The SMILES string of the molecule is CNc1cc2nc(C)c(-c3ccc(F)c(NC(=O)NC4CCCCCC4)c3)cc2cn1. The Morgan fingerprint density at radius 2 is 1.87 bits per heavy atom. The van der Waals surface area contributed by atoms with Crippen LogP contribution < -0.4 is 16.0 Å². The second-order valence-corrected chi connectivity index (χ2v) is 8.12. The molecule has 0 saturated heterocycles. The summed E-state index contributed by atoms with van der Waals surface area (Å²) in [5.41, 5.74) is 3.48. The van der Waals surface area contributed by atoms with E-state index < -0.39 is 5.82 Å². The van der Waals surface area contributed by atoms with Crippen LogP contribution in [0.3, 0.4) is 0 Å². The van der Waals surface area contributed by atoms with Crippen molar-refractivity contribution in [3.05, 3.63) is 48.0 Å². The molecule has 0 atom stereocenters. The van der Waals surface area contributed by atoms with Gasteiger partial charge in [-0.1, -0.05) is 31.7 Å². The number of anilines is 2. The first-order valence-corrected chi connectivity index (χ1v) is 10.9. The number of aromatic nitrogens is 2. The van der Waals surface area contributed by atoms with Gasteiger partial charge < -0.3 is 16.0 Å². The van der Waals surface area contributed by atoms with Crippen LogP contribution in [0.2, 0.25) is 0 Å². The highest BCUT2D eigenvalue weighted by molar-refractivity contribution is 5.91. The molecule has 2 aromatic heterocycles. The number of fused-ring (bicyclic) bond motifs is 1. The van der Waals surface area contributed by atoms with Crippen molar-refractivity contribution in [3.63, 3.8) is 0 Å². The van der Waals surface area contributed by atoms with Crippen molar-refractivity contribution >= 4 is 28.4 Å². The molecule has 0 aliphatic heterocycles. The predicted molar refractivity (Wildman–Crippen MR) is 123 cm³/mol. The smallest absolute Gasteiger partial charge is 0.319 e. The van der Waals surface area contributed by atoms with Crippen LogP contribution in [0.4, 0.5) is 20.7 Å². The van der Waals surface area contributed by atoms with Gasteiger partial charge >= 0.3 is 6.03 Å². The summed E-state index contributed by atoms with van der Waals surface area (Å²) in [6.45, 7) is 1.92. The van der Waals surface area contributed by atoms with Crippen LogP contribution in [-0.2, 0) is 0 Å². The lowest BCUT2D eigenvalue weighted by atomic mass is 10.0. The molecule has 31 heavy (non-hydrogen) atoms. The van der Waals surface area contributed by atoms with Gasteiger partial charge in [-0.05, 0) is 43.5 Å². The summed E-state index contributed by atoms with van der Waals surface area (Å²) in [7, 11) is 1.81. The average Bonchev–Trinajstić information content (AvgIpc) is 3.03. The highest BCUT2D eigenvalue weighted by Gasteiger charge is 2.16. The number of benzene rings is 1. The molecule has 1 aromatic carbocycles. The predicted octanol–water partition coefficient (Wildman–Crippen LogP) is 5.63. The third kappa shape index (κ3) is 4.93. The number of nitrogens with zero attached hydrogens (tertiary/aromatic N) is 2. The van der Waals surface area contributed by atoms with Gasteiger partial charge in [0.25, 0.3) is 0 Å². The first kappa shape index (κ1) is 21.0. The monoisotopic (exact) mass is 421 g/mol. The zero-order chi connectivity index (χ0) is 21.8. The highest BCUT2D eigenvalue weighted by atomic mass is 19.1. The molecule has 3 N–H and O–H groups in total. The van der Waals surface area contributed by atoms with E-state index in [1.165, 1.54) is 18.9 Å². The minimum Gasteiger partial charge on any atom is -0.373 e. The molecular weight excluding hydrogens is 393 g/mol. The van der Waals surface area contributed by atoms with E-state index >= 15 is 0 Å². The van der Waals surface area contributed by atoms with Gasteiger partial charge in [-0.25, -0.2) is 14.2 Å². The van der Waals surface area contributed by atoms with Crippen LogP contribution in [0.1, 0.15) is 44.2 Å². The fraction of sp³-hybridized carbons (Fsp3) is 0.375. The van der Waals surface area contributed by atoms with Gasteiger partial charge in [0.05, 0.1) is 11.2 Å². The van der Waals surface area contributed by atoms with Crippen molar-refractivity contribution in [2.75, 3.05) is 17.7 Å². The van der Waals surface area contributed by atoms with E-state index in [-0.39, 0.29) is 17.8 Å². The van der Waals surface area contributed by atoms with Crippen LogP contribution in [0.5, 0.6) is 0 Å². The number of pyridine rings is 2. The number of rotatable bonds is 4. The number of hydrogen-bond donors (Lipinski definition) is 3. The Morgan fingerprint density at radius 3 is 2.61 bits per heavy atom. The molecule has 7 heteroatoms. The molecule has 2 amide bonds. The fourth-order valence-electron chi connectivity index (χ4n) is 4.15. The number of amides is 2. The van der Waals surface area contributed by atoms with E-state index in [1.54, 1.807) is 18.3 Å². The number of nitrogens with one attached hydrogen (secondary N) is 3. The molecule has 0 spiro atoms. The lowest BCUT2D eigenvalue weighted by Gasteiger charge is -2.17. The van der Waals surface area contributed by atoms with Gasteiger partial charge in [-0.2, -0.15) is 0 Å². The Bertz CT molecular complexity index is 1090. The van der Waals surface area contributed by atoms with E-state index in [0.29, 0.717) is 0 Å². The molecule has 1 fully saturated rings. The van der Waals surface area contributed by atoms with Crippen LogP contribution in [0.25, 0.3) is 22.0 Å². The van der Waals surface area contributed by atoms with Gasteiger partial charge in [0, 0.05) is 42.0 Å². The van der Waals surface area contributed by atoms with E-state index in [4.69, 9.17) is 0 Å². The topological polar surface area (TPSA) is 78.9 Å². The van der Waals surface area contributed by atoms with Gasteiger partial charge in [0.1, 0.15) is 11.6 Å². The molecule has 1 aliphatic carbocycles. The van der Waals surface area contributed by atoms with Crippen molar-refractivity contribution < 1.29 is 9.18 Å². The van der Waals surface area contributed by atoms with Gasteiger partial charge in [-0.3, -0.25) is 4.98 Å². The molecule has 0 unspecified atom stereocenters. The molecule has 4 rings (SSSR count). The Hall–Kier alpha value is -3.22. The lowest BCUT2D eigenvalue weighted by Crippen LogP contribution is -2.37. The molecule has 2 heterocycles. The summed E-state index contributed by atoms with van der Waals surface area (Å²) in [6, 6.07) is 8.41. The largest absolute Gasteiger partial charge is 0.373 e. The summed E-state index contributed by atoms with van der Waals surface area (Å²) >= 11 is 0. The van der Waals surface area contributed by atoms with Crippen molar-refractivity contribution in [2.24, 2.45) is 0 Å². The number of urea groups is 1. The van der Waals surface area contributed by atoms with Crippen molar-refractivity contribution in [3.8, 4) is 11.1 Å².